The molecule has 30 heavy (non-hydrogen) atoms. The largest absolute Gasteiger partial charge is 0.493 e. The molecule has 0 radical (unpaired) electrons. The van der Waals surface area contributed by atoms with E-state index in [-0.39, 0.29) is 17.1 Å². The first kappa shape index (κ1) is 20.0. The van der Waals surface area contributed by atoms with Crippen molar-refractivity contribution in [1.29, 1.82) is 0 Å². The number of methoxy groups -OCH3 is 1. The van der Waals surface area contributed by atoms with Crippen LogP contribution in [0.4, 0.5) is 11.6 Å². The summed E-state index contributed by atoms with van der Waals surface area (Å²) < 4.78 is 5.16. The molecule has 2 N–H and O–H groups in total. The molecule has 1 aliphatic heterocycles. The maximum absolute atomic E-state index is 13.1. The van der Waals surface area contributed by atoms with Crippen LogP contribution in [0.1, 0.15) is 42.3 Å². The minimum absolute atomic E-state index is 0.0528. The number of hydrogen-bond donors (Lipinski definition) is 1. The van der Waals surface area contributed by atoms with E-state index in [1.54, 1.807) is 24.1 Å². The monoisotopic (exact) mass is 401 g/mol. The van der Waals surface area contributed by atoms with Crippen molar-refractivity contribution in [3.8, 4) is 16.9 Å². The molecule has 0 saturated heterocycles. The SMILES string of the molecule is COc1ccc(N2CCc3cc(-c4ccc(C(C)(C)C)cc4)ccc3C2=O)nc1N. The third-order valence-corrected chi connectivity index (χ3v) is 5.64. The number of amides is 1. The lowest BCUT2D eigenvalue weighted by atomic mass is 9.86. The van der Waals surface area contributed by atoms with Crippen LogP contribution in [0.5, 0.6) is 5.75 Å². The molecule has 0 unspecified atom stereocenters. The molecule has 5 heteroatoms. The van der Waals surface area contributed by atoms with Crippen molar-refractivity contribution >= 4 is 17.5 Å². The van der Waals surface area contributed by atoms with Crippen molar-refractivity contribution in [3.05, 3.63) is 71.3 Å². The Labute approximate surface area is 177 Å². The molecule has 0 saturated carbocycles. The summed E-state index contributed by atoms with van der Waals surface area (Å²) in [5.41, 5.74) is 11.4. The van der Waals surface area contributed by atoms with E-state index < -0.39 is 0 Å². The predicted octanol–water partition coefficient (Wildman–Crippen LogP) is 4.84. The lowest BCUT2D eigenvalue weighted by molar-refractivity contribution is 0.0980. The minimum atomic E-state index is -0.0528. The molecule has 4 rings (SSSR count). The number of ether oxygens (including phenoxy) is 1. The van der Waals surface area contributed by atoms with Crippen LogP contribution in [0, 0.1) is 0 Å². The summed E-state index contributed by atoms with van der Waals surface area (Å²) in [6.45, 7) is 7.20. The molecule has 0 fully saturated rings. The van der Waals surface area contributed by atoms with Crippen molar-refractivity contribution in [2.75, 3.05) is 24.3 Å². The molecule has 5 nitrogen and oxygen atoms in total. The summed E-state index contributed by atoms with van der Waals surface area (Å²) in [5.74, 6) is 1.28. The van der Waals surface area contributed by atoms with Gasteiger partial charge in [0.05, 0.1) is 7.11 Å². The Hall–Kier alpha value is -3.34. The van der Waals surface area contributed by atoms with Gasteiger partial charge in [0.15, 0.2) is 11.6 Å². The average molecular weight is 402 g/mol. The third kappa shape index (κ3) is 3.63. The number of carbonyl (C=O) groups excluding carboxylic acids is 1. The zero-order valence-corrected chi connectivity index (χ0v) is 17.9. The van der Waals surface area contributed by atoms with E-state index in [1.807, 2.05) is 12.1 Å². The Morgan fingerprint density at radius 2 is 1.70 bits per heavy atom. The van der Waals surface area contributed by atoms with Gasteiger partial charge in [-0.05, 0) is 52.3 Å². The van der Waals surface area contributed by atoms with E-state index in [1.165, 1.54) is 5.56 Å². The molecular formula is C25H27N3O2. The number of hydrogen-bond acceptors (Lipinski definition) is 4. The molecule has 0 atom stereocenters. The van der Waals surface area contributed by atoms with E-state index in [0.717, 1.165) is 23.1 Å². The Balaban J connectivity index is 1.61. The maximum Gasteiger partial charge on any atom is 0.259 e. The van der Waals surface area contributed by atoms with Gasteiger partial charge in [-0.25, -0.2) is 4.98 Å². The fraction of sp³-hybridized carbons (Fsp3) is 0.280. The fourth-order valence-corrected chi connectivity index (χ4v) is 3.82. The Bertz CT molecular complexity index is 1100. The number of nitrogen functional groups attached to an aromatic ring is 1. The van der Waals surface area contributed by atoms with Crippen molar-refractivity contribution < 1.29 is 9.53 Å². The molecule has 0 spiro atoms. The number of aromatic nitrogens is 1. The van der Waals surface area contributed by atoms with Gasteiger partial charge in [0, 0.05) is 12.1 Å². The normalized spacial score (nSPS) is 13.9. The summed E-state index contributed by atoms with van der Waals surface area (Å²) in [6.07, 6.45) is 0.766. The number of fused-ring (bicyclic) bond motifs is 1. The van der Waals surface area contributed by atoms with Gasteiger partial charge >= 0.3 is 0 Å². The van der Waals surface area contributed by atoms with E-state index in [0.29, 0.717) is 23.7 Å². The van der Waals surface area contributed by atoms with Crippen LogP contribution in [-0.2, 0) is 11.8 Å². The molecule has 0 aliphatic carbocycles. The summed E-state index contributed by atoms with van der Waals surface area (Å²) in [6, 6.07) is 18.3. The van der Waals surface area contributed by atoms with E-state index >= 15 is 0 Å². The molecule has 0 bridgehead atoms. The number of nitrogens with two attached hydrogens (primary N) is 1. The first-order valence-corrected chi connectivity index (χ1v) is 10.1. The maximum atomic E-state index is 13.1. The van der Waals surface area contributed by atoms with Crippen molar-refractivity contribution in [2.24, 2.45) is 0 Å². The molecule has 1 aromatic heterocycles. The topological polar surface area (TPSA) is 68.5 Å². The minimum Gasteiger partial charge on any atom is -0.493 e. The van der Waals surface area contributed by atoms with Gasteiger partial charge in [-0.15, -0.1) is 0 Å². The van der Waals surface area contributed by atoms with Crippen molar-refractivity contribution in [3.63, 3.8) is 0 Å². The van der Waals surface area contributed by atoms with E-state index in [9.17, 15) is 4.79 Å². The summed E-state index contributed by atoms with van der Waals surface area (Å²) in [4.78, 5) is 19.1. The Morgan fingerprint density at radius 1 is 1.00 bits per heavy atom. The van der Waals surface area contributed by atoms with E-state index in [2.05, 4.69) is 56.1 Å². The van der Waals surface area contributed by atoms with E-state index in [4.69, 9.17) is 10.5 Å². The number of rotatable bonds is 3. The molecule has 1 amide bonds. The first-order chi connectivity index (χ1) is 14.3. The van der Waals surface area contributed by atoms with Gasteiger partial charge in [-0.1, -0.05) is 57.2 Å². The van der Waals surface area contributed by atoms with Crippen molar-refractivity contribution in [2.45, 2.75) is 32.6 Å². The zero-order chi connectivity index (χ0) is 21.5. The van der Waals surface area contributed by atoms with Gasteiger partial charge < -0.3 is 10.5 Å². The number of benzene rings is 2. The van der Waals surface area contributed by atoms with Gasteiger partial charge in [0.1, 0.15) is 5.82 Å². The number of anilines is 2. The van der Waals surface area contributed by atoms with Crippen LogP contribution < -0.4 is 15.4 Å². The lowest BCUT2D eigenvalue weighted by Gasteiger charge is -2.28. The molecule has 3 aromatic rings. The number of pyridine rings is 1. The van der Waals surface area contributed by atoms with Crippen LogP contribution in [0.3, 0.4) is 0 Å². The van der Waals surface area contributed by atoms with Crippen LogP contribution in [0.2, 0.25) is 0 Å². The molecule has 2 aromatic carbocycles. The molecular weight excluding hydrogens is 374 g/mol. The first-order valence-electron chi connectivity index (χ1n) is 10.1. The molecule has 2 heterocycles. The van der Waals surface area contributed by atoms with Crippen LogP contribution in [0.25, 0.3) is 11.1 Å². The summed E-state index contributed by atoms with van der Waals surface area (Å²) in [5, 5.41) is 0. The standard InChI is InChI=1S/C25H27N3O2/c1-25(2,3)19-8-5-16(6-9-19)17-7-10-20-18(15-17)13-14-28(24(20)29)22-12-11-21(30-4)23(26)27-22/h5-12,15H,13-14H2,1-4H3,(H2,26,27). The van der Waals surface area contributed by atoms with Gasteiger partial charge in [-0.2, -0.15) is 0 Å². The van der Waals surface area contributed by atoms with Crippen molar-refractivity contribution in [1.82, 2.24) is 4.98 Å². The fourth-order valence-electron chi connectivity index (χ4n) is 3.82. The number of carbonyl (C=O) groups is 1. The van der Waals surface area contributed by atoms with Gasteiger partial charge in [-0.3, -0.25) is 9.69 Å². The zero-order valence-electron chi connectivity index (χ0n) is 17.9. The molecule has 1 aliphatic rings. The average Bonchev–Trinajstić information content (AvgIpc) is 2.73. The quantitative estimate of drug-likeness (QED) is 0.682. The second-order valence-corrected chi connectivity index (χ2v) is 8.66. The summed E-state index contributed by atoms with van der Waals surface area (Å²) in [7, 11) is 1.55. The summed E-state index contributed by atoms with van der Waals surface area (Å²) >= 11 is 0. The number of nitrogens with zero attached hydrogens (tertiary/aromatic N) is 2. The highest BCUT2D eigenvalue weighted by molar-refractivity contribution is 6.08. The lowest BCUT2D eigenvalue weighted by Crippen LogP contribution is -2.38. The van der Waals surface area contributed by atoms with Crippen LogP contribution in [-0.4, -0.2) is 24.5 Å². The second kappa shape index (κ2) is 7.48. The highest BCUT2D eigenvalue weighted by Gasteiger charge is 2.27. The Kier molecular flexibility index (Phi) is 4.98. The molecule has 154 valence electrons. The van der Waals surface area contributed by atoms with Crippen LogP contribution in [0.15, 0.2) is 54.6 Å². The van der Waals surface area contributed by atoms with Gasteiger partial charge in [0.25, 0.3) is 5.91 Å². The van der Waals surface area contributed by atoms with Crippen LogP contribution >= 0.6 is 0 Å². The third-order valence-electron chi connectivity index (χ3n) is 5.64. The second-order valence-electron chi connectivity index (χ2n) is 8.66. The Morgan fingerprint density at radius 3 is 2.33 bits per heavy atom. The predicted molar refractivity (Wildman–Crippen MR) is 121 cm³/mol. The highest BCUT2D eigenvalue weighted by atomic mass is 16.5. The smallest absolute Gasteiger partial charge is 0.259 e. The van der Waals surface area contributed by atoms with Gasteiger partial charge in [0.2, 0.25) is 0 Å². The highest BCUT2D eigenvalue weighted by Crippen LogP contribution is 2.31.